The third-order valence-electron chi connectivity index (χ3n) is 5.81. The molecule has 1 aromatic heterocycles. The van der Waals surface area contributed by atoms with Gasteiger partial charge in [0.05, 0.1) is 11.6 Å². The minimum atomic E-state index is -0.557. The number of H-pyrrole nitrogens is 2. The molecule has 0 saturated heterocycles. The van der Waals surface area contributed by atoms with Crippen LogP contribution in [-0.4, -0.2) is 16.6 Å². The van der Waals surface area contributed by atoms with Crippen LogP contribution in [0.5, 0.6) is 5.75 Å². The zero-order valence-electron chi connectivity index (χ0n) is 17.7. The average Bonchev–Trinajstić information content (AvgIpc) is 2.80. The number of rotatable bonds is 6. The van der Waals surface area contributed by atoms with Crippen molar-refractivity contribution in [3.8, 4) is 5.75 Å². The lowest BCUT2D eigenvalue weighted by Gasteiger charge is -2.24. The van der Waals surface area contributed by atoms with Gasteiger partial charge in [0.15, 0.2) is 11.6 Å². The van der Waals surface area contributed by atoms with Crippen LogP contribution >= 0.6 is 11.6 Å². The highest BCUT2D eigenvalue weighted by molar-refractivity contribution is 6.32. The van der Waals surface area contributed by atoms with E-state index in [0.29, 0.717) is 49.1 Å². The molecule has 2 aromatic carbocycles. The van der Waals surface area contributed by atoms with Gasteiger partial charge in [-0.3, -0.25) is 9.78 Å². The molecule has 1 heterocycles. The van der Waals surface area contributed by atoms with Gasteiger partial charge in [-0.15, -0.1) is 0 Å². The van der Waals surface area contributed by atoms with E-state index in [1.54, 1.807) is 19.1 Å². The van der Waals surface area contributed by atoms with Gasteiger partial charge in [0.2, 0.25) is 0 Å². The molecule has 1 unspecified atom stereocenters. The second kappa shape index (κ2) is 9.57. The van der Waals surface area contributed by atoms with Crippen LogP contribution in [-0.2, 0) is 6.42 Å². The largest absolute Gasteiger partial charge is 0.491 e. The van der Waals surface area contributed by atoms with Crippen LogP contribution in [0.15, 0.2) is 58.1 Å². The van der Waals surface area contributed by atoms with E-state index in [1.165, 1.54) is 0 Å². The Balaban J connectivity index is 1.63. The van der Waals surface area contributed by atoms with Crippen molar-refractivity contribution in [1.29, 1.82) is 0 Å². The molecule has 166 valence electrons. The molecule has 0 amide bonds. The Morgan fingerprint density at radius 2 is 1.91 bits per heavy atom. The first kappa shape index (κ1) is 22.1. The second-order valence-corrected chi connectivity index (χ2v) is 8.21. The summed E-state index contributed by atoms with van der Waals surface area (Å²) in [5.41, 5.74) is 2.96. The number of aromatic nitrogens is 2. The van der Waals surface area contributed by atoms with Crippen molar-refractivity contribution in [2.45, 2.75) is 38.5 Å². The Labute approximate surface area is 189 Å². The van der Waals surface area contributed by atoms with Crippen LogP contribution in [0.3, 0.4) is 0 Å². The SMILES string of the molecule is CCOc1ccc(C2=CCC(c3[nH]c(=O)[nH]c(=O)c3Cc3ccccc3)CC2)c(Cl)c1F. The summed E-state index contributed by atoms with van der Waals surface area (Å²) in [4.78, 5) is 29.8. The Morgan fingerprint density at radius 3 is 2.59 bits per heavy atom. The summed E-state index contributed by atoms with van der Waals surface area (Å²) in [7, 11) is 0. The summed E-state index contributed by atoms with van der Waals surface area (Å²) in [6, 6.07) is 13.0. The van der Waals surface area contributed by atoms with Crippen molar-refractivity contribution in [2.75, 3.05) is 6.61 Å². The lowest BCUT2D eigenvalue weighted by molar-refractivity contribution is 0.321. The predicted molar refractivity (Wildman–Crippen MR) is 124 cm³/mol. The number of hydrogen-bond donors (Lipinski definition) is 2. The number of ether oxygens (including phenoxy) is 1. The summed E-state index contributed by atoms with van der Waals surface area (Å²) in [6.07, 6.45) is 4.42. The van der Waals surface area contributed by atoms with Crippen LogP contribution in [0.1, 0.15) is 54.5 Å². The average molecular weight is 455 g/mol. The van der Waals surface area contributed by atoms with Crippen molar-refractivity contribution >= 4 is 17.2 Å². The first-order valence-corrected chi connectivity index (χ1v) is 11.0. The van der Waals surface area contributed by atoms with E-state index in [0.717, 1.165) is 11.1 Å². The molecule has 0 spiro atoms. The summed E-state index contributed by atoms with van der Waals surface area (Å²) < 4.78 is 19.8. The van der Waals surface area contributed by atoms with Gasteiger partial charge < -0.3 is 9.72 Å². The topological polar surface area (TPSA) is 75.0 Å². The quantitative estimate of drug-likeness (QED) is 0.537. The van der Waals surface area contributed by atoms with Crippen molar-refractivity contribution in [2.24, 2.45) is 0 Å². The normalized spacial score (nSPS) is 16.0. The number of aromatic amines is 2. The van der Waals surface area contributed by atoms with E-state index < -0.39 is 11.5 Å². The molecule has 3 aromatic rings. The van der Waals surface area contributed by atoms with E-state index in [9.17, 15) is 14.0 Å². The van der Waals surface area contributed by atoms with Crippen LogP contribution in [0, 0.1) is 5.82 Å². The molecule has 32 heavy (non-hydrogen) atoms. The third kappa shape index (κ3) is 4.55. The Hall–Kier alpha value is -3.12. The van der Waals surface area contributed by atoms with Crippen LogP contribution in [0.2, 0.25) is 5.02 Å². The highest BCUT2D eigenvalue weighted by atomic mass is 35.5. The van der Waals surface area contributed by atoms with Gasteiger partial charge >= 0.3 is 5.69 Å². The maximum Gasteiger partial charge on any atom is 0.325 e. The molecule has 0 bridgehead atoms. The van der Waals surface area contributed by atoms with E-state index in [-0.39, 0.29) is 22.2 Å². The standard InChI is InChI=1S/C25H24ClFN2O3/c1-2-32-20-13-12-18(21(26)22(20)27)16-8-10-17(11-9-16)23-19(24(30)29-25(31)28-23)14-15-6-4-3-5-7-15/h3-8,12-13,17H,2,9-11,14H2,1H3,(H2,28,29,30,31). The van der Waals surface area contributed by atoms with E-state index in [4.69, 9.17) is 16.3 Å². The maximum atomic E-state index is 14.5. The molecule has 1 atom stereocenters. The zero-order chi connectivity index (χ0) is 22.7. The first-order valence-electron chi connectivity index (χ1n) is 10.7. The van der Waals surface area contributed by atoms with E-state index >= 15 is 0 Å². The van der Waals surface area contributed by atoms with Gasteiger partial charge in [0, 0.05) is 23.6 Å². The number of hydrogen-bond acceptors (Lipinski definition) is 3. The van der Waals surface area contributed by atoms with Crippen LogP contribution in [0.4, 0.5) is 4.39 Å². The Morgan fingerprint density at radius 1 is 1.12 bits per heavy atom. The Kier molecular flexibility index (Phi) is 6.61. The van der Waals surface area contributed by atoms with Gasteiger partial charge in [-0.2, -0.15) is 0 Å². The van der Waals surface area contributed by atoms with Gasteiger partial charge in [-0.05, 0) is 55.0 Å². The Bertz CT molecular complexity index is 1260. The third-order valence-corrected chi connectivity index (χ3v) is 6.18. The minimum absolute atomic E-state index is 0.0150. The lowest BCUT2D eigenvalue weighted by Crippen LogP contribution is -2.30. The molecular weight excluding hydrogens is 431 g/mol. The molecule has 1 aliphatic carbocycles. The highest BCUT2D eigenvalue weighted by Gasteiger charge is 2.24. The van der Waals surface area contributed by atoms with Gasteiger partial charge in [0.25, 0.3) is 5.56 Å². The number of benzene rings is 2. The molecule has 1 aliphatic rings. The van der Waals surface area contributed by atoms with E-state index in [2.05, 4.69) is 9.97 Å². The molecule has 0 saturated carbocycles. The summed E-state index contributed by atoms with van der Waals surface area (Å²) in [5, 5.41) is 0.0509. The summed E-state index contributed by atoms with van der Waals surface area (Å²) in [6.45, 7) is 2.15. The number of allylic oxidation sites excluding steroid dienone is 2. The van der Waals surface area contributed by atoms with Crippen molar-refractivity contribution < 1.29 is 9.13 Å². The number of nitrogens with one attached hydrogen (secondary N) is 2. The fraction of sp³-hybridized carbons (Fsp3) is 0.280. The van der Waals surface area contributed by atoms with Crippen LogP contribution < -0.4 is 16.0 Å². The van der Waals surface area contributed by atoms with Crippen molar-refractivity contribution in [3.05, 3.63) is 103 Å². The van der Waals surface area contributed by atoms with Gasteiger partial charge in [-0.1, -0.05) is 48.0 Å². The zero-order valence-corrected chi connectivity index (χ0v) is 18.5. The monoisotopic (exact) mass is 454 g/mol. The minimum Gasteiger partial charge on any atom is -0.491 e. The number of halogens is 2. The van der Waals surface area contributed by atoms with Crippen LogP contribution in [0.25, 0.3) is 5.57 Å². The van der Waals surface area contributed by atoms with Gasteiger partial charge in [0.1, 0.15) is 0 Å². The molecule has 2 N–H and O–H groups in total. The summed E-state index contributed by atoms with van der Waals surface area (Å²) in [5.74, 6) is -0.431. The highest BCUT2D eigenvalue weighted by Crippen LogP contribution is 2.40. The molecule has 0 aliphatic heterocycles. The summed E-state index contributed by atoms with van der Waals surface area (Å²) >= 11 is 6.29. The molecule has 7 heteroatoms. The molecular formula is C25H24ClFN2O3. The molecule has 0 radical (unpaired) electrons. The molecule has 4 rings (SSSR count). The maximum absolute atomic E-state index is 14.5. The van der Waals surface area contributed by atoms with E-state index in [1.807, 2.05) is 36.4 Å². The fourth-order valence-electron chi connectivity index (χ4n) is 4.24. The second-order valence-electron chi connectivity index (χ2n) is 7.84. The first-order chi connectivity index (χ1) is 15.5. The fourth-order valence-corrected chi connectivity index (χ4v) is 4.52. The smallest absolute Gasteiger partial charge is 0.325 e. The molecule has 0 fully saturated rings. The predicted octanol–water partition coefficient (Wildman–Crippen LogP) is 5.20. The molecule has 5 nitrogen and oxygen atoms in total. The lowest BCUT2D eigenvalue weighted by atomic mass is 9.83. The van der Waals surface area contributed by atoms with Gasteiger partial charge in [-0.25, -0.2) is 9.18 Å². The van der Waals surface area contributed by atoms with Crippen molar-refractivity contribution in [1.82, 2.24) is 9.97 Å². The van der Waals surface area contributed by atoms with Crippen molar-refractivity contribution in [3.63, 3.8) is 0 Å².